The van der Waals surface area contributed by atoms with Crippen LogP contribution in [0.5, 0.6) is 17.2 Å². The normalized spacial score (nSPS) is 10.7. The molecule has 0 aromatic heterocycles. The predicted octanol–water partition coefficient (Wildman–Crippen LogP) is 4.69. The number of ketones is 1. The van der Waals surface area contributed by atoms with Crippen molar-refractivity contribution in [1.82, 2.24) is 0 Å². The molecule has 0 saturated heterocycles. The molecule has 5 heteroatoms. The third-order valence-corrected chi connectivity index (χ3v) is 4.33. The molecule has 2 aromatic rings. The zero-order chi connectivity index (χ0) is 17.7. The second-order valence-corrected chi connectivity index (χ2v) is 6.25. The SMILES string of the molecule is COc1ccc(C=Cc2cc(I)c(OC)c(OC)c2)cc1C(C)=O. The number of methoxy groups -OCH3 is 3. The second-order valence-electron chi connectivity index (χ2n) is 5.09. The van der Waals surface area contributed by atoms with Crippen molar-refractivity contribution in [2.24, 2.45) is 0 Å². The maximum atomic E-state index is 11.7. The zero-order valence-corrected chi connectivity index (χ0v) is 16.2. The highest BCUT2D eigenvalue weighted by Crippen LogP contribution is 2.34. The van der Waals surface area contributed by atoms with Gasteiger partial charge in [-0.15, -0.1) is 0 Å². The lowest BCUT2D eigenvalue weighted by Gasteiger charge is -2.10. The smallest absolute Gasteiger partial charge is 0.174 e. The van der Waals surface area contributed by atoms with Gasteiger partial charge < -0.3 is 14.2 Å². The molecule has 0 bridgehead atoms. The lowest BCUT2D eigenvalue weighted by molar-refractivity contribution is 0.101. The summed E-state index contributed by atoms with van der Waals surface area (Å²) in [4.78, 5) is 11.7. The number of ether oxygens (including phenoxy) is 3. The van der Waals surface area contributed by atoms with Crippen molar-refractivity contribution in [3.63, 3.8) is 0 Å². The number of halogens is 1. The van der Waals surface area contributed by atoms with Gasteiger partial charge in [-0.05, 0) is 64.9 Å². The third kappa shape index (κ3) is 4.08. The lowest BCUT2D eigenvalue weighted by Crippen LogP contribution is -1.97. The fraction of sp³-hybridized carbons (Fsp3) is 0.211. The third-order valence-electron chi connectivity index (χ3n) is 3.53. The topological polar surface area (TPSA) is 44.8 Å². The standard InChI is InChI=1S/C19H19IO4/c1-12(21)15-9-13(7-8-17(15)22-2)5-6-14-10-16(20)19(24-4)18(11-14)23-3/h5-11H,1-4H3. The molecule has 2 rings (SSSR count). The molecule has 0 aliphatic rings. The van der Waals surface area contributed by atoms with Crippen molar-refractivity contribution >= 4 is 40.5 Å². The van der Waals surface area contributed by atoms with E-state index >= 15 is 0 Å². The largest absolute Gasteiger partial charge is 0.496 e. The average molecular weight is 438 g/mol. The maximum Gasteiger partial charge on any atom is 0.174 e. The molecule has 0 unspecified atom stereocenters. The summed E-state index contributed by atoms with van der Waals surface area (Å²) in [7, 11) is 4.79. The van der Waals surface area contributed by atoms with E-state index in [0.717, 1.165) is 20.4 Å². The molecule has 0 N–H and O–H groups in total. The van der Waals surface area contributed by atoms with E-state index in [9.17, 15) is 4.79 Å². The summed E-state index contributed by atoms with van der Waals surface area (Å²) >= 11 is 2.21. The Kier molecular flexibility index (Phi) is 6.25. The minimum atomic E-state index is -0.0252. The molecular weight excluding hydrogens is 419 g/mol. The van der Waals surface area contributed by atoms with Crippen LogP contribution in [0.2, 0.25) is 0 Å². The minimum Gasteiger partial charge on any atom is -0.496 e. The summed E-state index contributed by atoms with van der Waals surface area (Å²) in [6.07, 6.45) is 3.92. The van der Waals surface area contributed by atoms with Crippen LogP contribution in [0.1, 0.15) is 28.4 Å². The Morgan fingerprint density at radius 3 is 2.17 bits per heavy atom. The molecule has 0 spiro atoms. The molecule has 0 saturated carbocycles. The summed E-state index contributed by atoms with van der Waals surface area (Å²) in [6, 6.07) is 9.45. The van der Waals surface area contributed by atoms with Crippen LogP contribution in [0.15, 0.2) is 30.3 Å². The number of hydrogen-bond donors (Lipinski definition) is 0. The lowest BCUT2D eigenvalue weighted by atomic mass is 10.1. The minimum absolute atomic E-state index is 0.0252. The van der Waals surface area contributed by atoms with E-state index in [0.29, 0.717) is 17.1 Å². The predicted molar refractivity (Wildman–Crippen MR) is 104 cm³/mol. The summed E-state index contributed by atoms with van der Waals surface area (Å²) in [5.74, 6) is 1.96. The molecule has 2 aromatic carbocycles. The van der Waals surface area contributed by atoms with Gasteiger partial charge in [0.1, 0.15) is 5.75 Å². The number of Topliss-reactive ketones (excluding diaryl/α,β-unsaturated/α-hetero) is 1. The molecule has 0 fully saturated rings. The Balaban J connectivity index is 2.36. The van der Waals surface area contributed by atoms with Crippen LogP contribution in [0, 0.1) is 3.57 Å². The van der Waals surface area contributed by atoms with Crippen molar-refractivity contribution in [2.75, 3.05) is 21.3 Å². The average Bonchev–Trinajstić information content (AvgIpc) is 2.58. The Morgan fingerprint density at radius 1 is 0.917 bits per heavy atom. The summed E-state index contributed by atoms with van der Waals surface area (Å²) in [6.45, 7) is 1.53. The van der Waals surface area contributed by atoms with Gasteiger partial charge in [0.2, 0.25) is 0 Å². The number of carbonyl (C=O) groups excluding carboxylic acids is 1. The Morgan fingerprint density at radius 2 is 1.58 bits per heavy atom. The number of hydrogen-bond acceptors (Lipinski definition) is 4. The van der Waals surface area contributed by atoms with Crippen LogP contribution in [0.3, 0.4) is 0 Å². The highest BCUT2D eigenvalue weighted by atomic mass is 127. The van der Waals surface area contributed by atoms with E-state index in [2.05, 4.69) is 22.6 Å². The maximum absolute atomic E-state index is 11.7. The first-order valence-electron chi connectivity index (χ1n) is 7.28. The Bertz CT molecular complexity index is 781. The quantitative estimate of drug-likeness (QED) is 0.373. The van der Waals surface area contributed by atoms with Crippen molar-refractivity contribution in [1.29, 1.82) is 0 Å². The van der Waals surface area contributed by atoms with Crippen LogP contribution in [0.4, 0.5) is 0 Å². The summed E-state index contributed by atoms with van der Waals surface area (Å²) < 4.78 is 16.9. The molecule has 0 radical (unpaired) electrons. The van der Waals surface area contributed by atoms with E-state index in [1.807, 2.05) is 36.4 Å². The Labute approximate surface area is 155 Å². The second kappa shape index (κ2) is 8.19. The van der Waals surface area contributed by atoms with Crippen LogP contribution >= 0.6 is 22.6 Å². The summed E-state index contributed by atoms with van der Waals surface area (Å²) in [5.41, 5.74) is 2.48. The number of rotatable bonds is 6. The van der Waals surface area contributed by atoms with E-state index in [1.165, 1.54) is 6.92 Å². The molecule has 126 valence electrons. The van der Waals surface area contributed by atoms with Gasteiger partial charge in [0.25, 0.3) is 0 Å². The van der Waals surface area contributed by atoms with Gasteiger partial charge >= 0.3 is 0 Å². The highest BCUT2D eigenvalue weighted by Gasteiger charge is 2.10. The number of carbonyl (C=O) groups is 1. The highest BCUT2D eigenvalue weighted by molar-refractivity contribution is 14.1. The van der Waals surface area contributed by atoms with Crippen LogP contribution in [-0.4, -0.2) is 27.1 Å². The van der Waals surface area contributed by atoms with E-state index < -0.39 is 0 Å². The first kappa shape index (κ1) is 18.3. The van der Waals surface area contributed by atoms with Crippen LogP contribution in [-0.2, 0) is 0 Å². The Hall–Kier alpha value is -2.02. The molecule has 0 aliphatic heterocycles. The zero-order valence-electron chi connectivity index (χ0n) is 14.1. The van der Waals surface area contributed by atoms with Gasteiger partial charge in [-0.3, -0.25) is 4.79 Å². The van der Waals surface area contributed by atoms with E-state index in [1.54, 1.807) is 27.4 Å². The van der Waals surface area contributed by atoms with E-state index in [-0.39, 0.29) is 5.78 Å². The first-order chi connectivity index (χ1) is 11.5. The molecular formula is C19H19IO4. The van der Waals surface area contributed by atoms with Gasteiger partial charge in [0.15, 0.2) is 17.3 Å². The fourth-order valence-corrected chi connectivity index (χ4v) is 3.18. The van der Waals surface area contributed by atoms with E-state index in [4.69, 9.17) is 14.2 Å². The van der Waals surface area contributed by atoms with Gasteiger partial charge in [0.05, 0.1) is 30.5 Å². The first-order valence-corrected chi connectivity index (χ1v) is 8.36. The van der Waals surface area contributed by atoms with Crippen molar-refractivity contribution in [3.05, 3.63) is 50.6 Å². The molecule has 0 amide bonds. The van der Waals surface area contributed by atoms with Gasteiger partial charge in [0, 0.05) is 0 Å². The molecule has 4 nitrogen and oxygen atoms in total. The fourth-order valence-electron chi connectivity index (χ4n) is 2.33. The molecule has 24 heavy (non-hydrogen) atoms. The molecule has 0 aliphatic carbocycles. The van der Waals surface area contributed by atoms with Gasteiger partial charge in [-0.25, -0.2) is 0 Å². The monoisotopic (exact) mass is 438 g/mol. The molecule has 0 atom stereocenters. The summed E-state index contributed by atoms with van der Waals surface area (Å²) in [5, 5.41) is 0. The van der Waals surface area contributed by atoms with Crippen molar-refractivity contribution in [3.8, 4) is 17.2 Å². The van der Waals surface area contributed by atoms with Crippen LogP contribution in [0.25, 0.3) is 12.2 Å². The molecule has 0 heterocycles. The van der Waals surface area contributed by atoms with Crippen LogP contribution < -0.4 is 14.2 Å². The number of benzene rings is 2. The van der Waals surface area contributed by atoms with Crippen molar-refractivity contribution in [2.45, 2.75) is 6.92 Å². The van der Waals surface area contributed by atoms with Gasteiger partial charge in [-0.2, -0.15) is 0 Å². The van der Waals surface area contributed by atoms with Gasteiger partial charge in [-0.1, -0.05) is 18.2 Å². The van der Waals surface area contributed by atoms with Crippen molar-refractivity contribution < 1.29 is 19.0 Å².